The molecule has 0 saturated heterocycles. The second-order valence-corrected chi connectivity index (χ2v) is 7.60. The largest absolute Gasteiger partial charge is 0.280 e. The van der Waals surface area contributed by atoms with Crippen LogP contribution in [0, 0.1) is 6.92 Å². The molecule has 0 saturated carbocycles. The van der Waals surface area contributed by atoms with Crippen molar-refractivity contribution in [1.29, 1.82) is 0 Å². The quantitative estimate of drug-likeness (QED) is 0.579. The zero-order chi connectivity index (χ0) is 18.1. The number of rotatable bonds is 6. The SMILES string of the molecule is CCC1(CC)c2ccc(C)cc2C(CC)(CC)N1Cc1ccccc1. The molecule has 0 radical (unpaired) electrons. The predicted octanol–water partition coefficient (Wildman–Crippen LogP) is 6.54. The van der Waals surface area contributed by atoms with Crippen molar-refractivity contribution in [3.05, 3.63) is 70.8 Å². The highest BCUT2D eigenvalue weighted by Gasteiger charge is 2.54. The molecule has 0 fully saturated rings. The molecule has 2 aromatic rings. The minimum atomic E-state index is 0.142. The minimum Gasteiger partial charge on any atom is -0.280 e. The predicted molar refractivity (Wildman–Crippen MR) is 108 cm³/mol. The normalized spacial score (nSPS) is 18.3. The van der Waals surface area contributed by atoms with Gasteiger partial charge in [0.15, 0.2) is 0 Å². The van der Waals surface area contributed by atoms with Crippen molar-refractivity contribution in [2.45, 2.75) is 77.9 Å². The van der Waals surface area contributed by atoms with E-state index < -0.39 is 0 Å². The fraction of sp³-hybridized carbons (Fsp3) is 0.500. The summed E-state index contributed by atoms with van der Waals surface area (Å²) in [7, 11) is 0. The van der Waals surface area contributed by atoms with Crippen molar-refractivity contribution in [1.82, 2.24) is 4.90 Å². The molecule has 0 amide bonds. The Bertz CT molecular complexity index is 708. The summed E-state index contributed by atoms with van der Waals surface area (Å²) in [5.41, 5.74) is 6.24. The molecule has 1 heterocycles. The van der Waals surface area contributed by atoms with Gasteiger partial charge in [0.1, 0.15) is 0 Å². The molecule has 0 spiro atoms. The monoisotopic (exact) mass is 335 g/mol. The van der Waals surface area contributed by atoms with Crippen LogP contribution in [-0.2, 0) is 17.6 Å². The summed E-state index contributed by atoms with van der Waals surface area (Å²) in [6, 6.07) is 18.2. The summed E-state index contributed by atoms with van der Waals surface area (Å²) >= 11 is 0. The Labute approximate surface area is 154 Å². The lowest BCUT2D eigenvalue weighted by Gasteiger charge is -2.47. The van der Waals surface area contributed by atoms with Crippen molar-refractivity contribution < 1.29 is 0 Å². The van der Waals surface area contributed by atoms with E-state index in [4.69, 9.17) is 0 Å². The molecule has 134 valence electrons. The molecule has 0 atom stereocenters. The van der Waals surface area contributed by atoms with Crippen LogP contribution < -0.4 is 0 Å². The molecule has 1 nitrogen and oxygen atoms in total. The maximum absolute atomic E-state index is 2.85. The molecule has 25 heavy (non-hydrogen) atoms. The summed E-state index contributed by atoms with van der Waals surface area (Å²) < 4.78 is 0. The van der Waals surface area contributed by atoms with E-state index in [1.807, 2.05) is 0 Å². The zero-order valence-electron chi connectivity index (χ0n) is 16.6. The summed E-state index contributed by atoms with van der Waals surface area (Å²) in [5, 5.41) is 0. The molecule has 0 aliphatic carbocycles. The number of hydrogen-bond donors (Lipinski definition) is 0. The van der Waals surface area contributed by atoms with E-state index in [0.29, 0.717) is 0 Å². The van der Waals surface area contributed by atoms with Gasteiger partial charge in [-0.3, -0.25) is 4.90 Å². The van der Waals surface area contributed by atoms with E-state index in [0.717, 1.165) is 32.2 Å². The summed E-state index contributed by atoms with van der Waals surface area (Å²) in [6.07, 6.45) is 4.64. The first kappa shape index (κ1) is 18.2. The van der Waals surface area contributed by atoms with Crippen molar-refractivity contribution in [3.8, 4) is 0 Å². The van der Waals surface area contributed by atoms with Crippen LogP contribution >= 0.6 is 0 Å². The Morgan fingerprint density at radius 1 is 0.720 bits per heavy atom. The Hall–Kier alpha value is -1.60. The van der Waals surface area contributed by atoms with Gasteiger partial charge in [-0.1, -0.05) is 81.8 Å². The second-order valence-electron chi connectivity index (χ2n) is 7.60. The highest BCUT2D eigenvalue weighted by molar-refractivity contribution is 5.47. The lowest BCUT2D eigenvalue weighted by molar-refractivity contribution is -0.0233. The molecule has 0 N–H and O–H groups in total. The first-order valence-corrected chi connectivity index (χ1v) is 10.0. The third kappa shape index (κ3) is 2.64. The van der Waals surface area contributed by atoms with Crippen LogP contribution in [0.2, 0.25) is 0 Å². The second kappa shape index (κ2) is 6.96. The molecule has 1 heteroatoms. The molecule has 0 aromatic heterocycles. The third-order valence-electron chi connectivity index (χ3n) is 6.73. The summed E-state index contributed by atoms with van der Waals surface area (Å²) in [5.74, 6) is 0. The molecule has 0 bridgehead atoms. The van der Waals surface area contributed by atoms with E-state index in [9.17, 15) is 0 Å². The lowest BCUT2D eigenvalue weighted by Crippen LogP contribution is -2.49. The first-order valence-electron chi connectivity index (χ1n) is 10.0. The molecule has 1 aliphatic heterocycles. The first-order chi connectivity index (χ1) is 12.1. The van der Waals surface area contributed by atoms with Gasteiger partial charge in [-0.25, -0.2) is 0 Å². The third-order valence-corrected chi connectivity index (χ3v) is 6.73. The summed E-state index contributed by atoms with van der Waals surface area (Å²) in [6.45, 7) is 12.7. The topological polar surface area (TPSA) is 3.24 Å². The number of fused-ring (bicyclic) bond motifs is 1. The van der Waals surface area contributed by atoms with E-state index in [1.54, 1.807) is 11.1 Å². The smallest absolute Gasteiger partial charge is 0.0471 e. The number of hydrogen-bond acceptors (Lipinski definition) is 1. The van der Waals surface area contributed by atoms with Crippen LogP contribution in [0.25, 0.3) is 0 Å². The number of nitrogens with zero attached hydrogens (tertiary/aromatic N) is 1. The van der Waals surface area contributed by atoms with Gasteiger partial charge < -0.3 is 0 Å². The molecule has 2 aromatic carbocycles. The average Bonchev–Trinajstić information content (AvgIpc) is 2.88. The van der Waals surface area contributed by atoms with Gasteiger partial charge >= 0.3 is 0 Å². The van der Waals surface area contributed by atoms with Crippen LogP contribution in [0.3, 0.4) is 0 Å². The van der Waals surface area contributed by atoms with Gasteiger partial charge in [0.05, 0.1) is 0 Å². The Kier molecular flexibility index (Phi) is 5.06. The van der Waals surface area contributed by atoms with Crippen LogP contribution in [0.15, 0.2) is 48.5 Å². The Morgan fingerprint density at radius 3 is 1.84 bits per heavy atom. The average molecular weight is 336 g/mol. The lowest BCUT2D eigenvalue weighted by atomic mass is 9.82. The minimum absolute atomic E-state index is 0.142. The summed E-state index contributed by atoms with van der Waals surface area (Å²) in [4.78, 5) is 2.85. The van der Waals surface area contributed by atoms with Crippen molar-refractivity contribution in [2.24, 2.45) is 0 Å². The Morgan fingerprint density at radius 2 is 1.28 bits per heavy atom. The van der Waals surface area contributed by atoms with Crippen molar-refractivity contribution in [3.63, 3.8) is 0 Å². The van der Waals surface area contributed by atoms with Gasteiger partial charge in [-0.05, 0) is 49.3 Å². The maximum atomic E-state index is 2.85. The van der Waals surface area contributed by atoms with Crippen molar-refractivity contribution >= 4 is 0 Å². The van der Waals surface area contributed by atoms with Crippen molar-refractivity contribution in [2.75, 3.05) is 0 Å². The standard InChI is InChI=1S/C24H33N/c1-6-23(7-2)21-16-15-19(5)17-22(21)24(8-3,9-4)25(23)18-20-13-11-10-12-14-20/h10-17H,6-9,18H2,1-5H3. The maximum Gasteiger partial charge on any atom is 0.0471 e. The molecule has 3 rings (SSSR count). The number of benzene rings is 2. The van der Waals surface area contributed by atoms with E-state index >= 15 is 0 Å². The van der Waals surface area contributed by atoms with Crippen LogP contribution in [0.5, 0.6) is 0 Å². The van der Waals surface area contributed by atoms with Gasteiger partial charge in [-0.2, -0.15) is 0 Å². The van der Waals surface area contributed by atoms with E-state index in [-0.39, 0.29) is 11.1 Å². The molecule has 1 aliphatic rings. The molecule has 0 unspecified atom stereocenters. The fourth-order valence-corrected chi connectivity index (χ4v) is 5.24. The van der Waals surface area contributed by atoms with E-state index in [1.165, 1.54) is 11.1 Å². The molecular formula is C24H33N. The van der Waals surface area contributed by atoms with Gasteiger partial charge in [0.2, 0.25) is 0 Å². The number of aryl methyl sites for hydroxylation is 1. The zero-order valence-corrected chi connectivity index (χ0v) is 16.6. The van der Waals surface area contributed by atoms with Crippen LogP contribution in [0.4, 0.5) is 0 Å². The molecular weight excluding hydrogens is 302 g/mol. The van der Waals surface area contributed by atoms with Gasteiger partial charge in [0, 0.05) is 17.6 Å². The van der Waals surface area contributed by atoms with Gasteiger partial charge in [-0.15, -0.1) is 0 Å². The van der Waals surface area contributed by atoms with Crippen LogP contribution in [-0.4, -0.2) is 4.90 Å². The van der Waals surface area contributed by atoms with Gasteiger partial charge in [0.25, 0.3) is 0 Å². The Balaban J connectivity index is 2.22. The van der Waals surface area contributed by atoms with Crippen LogP contribution in [0.1, 0.15) is 75.6 Å². The fourth-order valence-electron chi connectivity index (χ4n) is 5.24. The highest BCUT2D eigenvalue weighted by Crippen LogP contribution is 2.56. The van der Waals surface area contributed by atoms with E-state index in [2.05, 4.69) is 88.0 Å². The highest BCUT2D eigenvalue weighted by atomic mass is 15.3.